The fourth-order valence-corrected chi connectivity index (χ4v) is 2.15. The summed E-state index contributed by atoms with van der Waals surface area (Å²) in [6.07, 6.45) is 2.49. The molecule has 0 spiro atoms. The number of carbonyl (C=O) groups excluding carboxylic acids is 2. The Balaban J connectivity index is 1.96. The van der Waals surface area contributed by atoms with Gasteiger partial charge >= 0.3 is 6.09 Å². The number of hydrogen-bond acceptors (Lipinski definition) is 4. The van der Waals surface area contributed by atoms with Crippen molar-refractivity contribution in [1.82, 2.24) is 5.32 Å². The van der Waals surface area contributed by atoms with E-state index in [1.807, 2.05) is 0 Å². The van der Waals surface area contributed by atoms with Gasteiger partial charge in [-0.05, 0) is 37.6 Å². The summed E-state index contributed by atoms with van der Waals surface area (Å²) in [7, 11) is 1.30. The molecule has 1 unspecified atom stereocenters. The zero-order chi connectivity index (χ0) is 14.4. The molecule has 6 heteroatoms. The van der Waals surface area contributed by atoms with Crippen LogP contribution in [0.15, 0.2) is 24.3 Å². The molecule has 3 N–H and O–H groups in total. The number of nitrogens with one attached hydrogen (secondary N) is 3. The largest absolute Gasteiger partial charge is 0.453 e. The van der Waals surface area contributed by atoms with Crippen LogP contribution in [-0.2, 0) is 9.53 Å². The van der Waals surface area contributed by atoms with Crippen molar-refractivity contribution in [1.29, 1.82) is 0 Å². The smallest absolute Gasteiger partial charge is 0.411 e. The van der Waals surface area contributed by atoms with Gasteiger partial charge in [0.15, 0.2) is 0 Å². The molecule has 2 amide bonds. The highest BCUT2D eigenvalue weighted by atomic mass is 16.5. The number of carbonyl (C=O) groups is 2. The van der Waals surface area contributed by atoms with Crippen molar-refractivity contribution >= 4 is 23.4 Å². The molecule has 0 aliphatic carbocycles. The van der Waals surface area contributed by atoms with Crippen molar-refractivity contribution in [2.45, 2.75) is 25.3 Å². The predicted molar refractivity (Wildman–Crippen MR) is 76.7 cm³/mol. The standard InChI is InChI=1S/C14H19N3O3/c1-20-14(19)17-11-6-4-5-10(9-11)16-13(18)12-7-2-3-8-15-12/h4-6,9,12,15H,2-3,7-8H2,1H3,(H,16,18)(H,17,19). The van der Waals surface area contributed by atoms with Gasteiger partial charge in [-0.25, -0.2) is 4.79 Å². The maximum absolute atomic E-state index is 12.1. The average molecular weight is 277 g/mol. The molecule has 0 saturated carbocycles. The zero-order valence-electron chi connectivity index (χ0n) is 11.4. The molecule has 0 radical (unpaired) electrons. The minimum atomic E-state index is -0.539. The molecule has 1 fully saturated rings. The molecule has 1 aliphatic rings. The zero-order valence-corrected chi connectivity index (χ0v) is 11.4. The van der Waals surface area contributed by atoms with E-state index in [1.54, 1.807) is 24.3 Å². The third-order valence-electron chi connectivity index (χ3n) is 3.19. The minimum Gasteiger partial charge on any atom is -0.453 e. The van der Waals surface area contributed by atoms with Crippen molar-refractivity contribution < 1.29 is 14.3 Å². The Morgan fingerprint density at radius 1 is 1.25 bits per heavy atom. The van der Waals surface area contributed by atoms with Gasteiger partial charge in [-0.3, -0.25) is 10.1 Å². The summed E-state index contributed by atoms with van der Waals surface area (Å²) in [5.41, 5.74) is 1.22. The van der Waals surface area contributed by atoms with E-state index in [1.165, 1.54) is 7.11 Å². The van der Waals surface area contributed by atoms with Crippen LogP contribution in [0, 0.1) is 0 Å². The molecule has 1 heterocycles. The Morgan fingerprint density at radius 2 is 2.00 bits per heavy atom. The number of benzene rings is 1. The molecule has 20 heavy (non-hydrogen) atoms. The van der Waals surface area contributed by atoms with Crippen molar-refractivity contribution in [2.75, 3.05) is 24.3 Å². The van der Waals surface area contributed by atoms with E-state index in [9.17, 15) is 9.59 Å². The molecule has 1 aliphatic heterocycles. The predicted octanol–water partition coefficient (Wildman–Crippen LogP) is 1.95. The second kappa shape index (κ2) is 6.91. The summed E-state index contributed by atoms with van der Waals surface area (Å²) in [5, 5.41) is 8.60. The van der Waals surface area contributed by atoms with Gasteiger partial charge in [0.05, 0.1) is 13.2 Å². The summed E-state index contributed by atoms with van der Waals surface area (Å²) in [5.74, 6) is -0.0417. The fourth-order valence-electron chi connectivity index (χ4n) is 2.15. The second-order valence-electron chi connectivity index (χ2n) is 4.69. The van der Waals surface area contributed by atoms with Crippen LogP contribution in [0.5, 0.6) is 0 Å². The highest BCUT2D eigenvalue weighted by molar-refractivity contribution is 5.95. The molecule has 6 nitrogen and oxygen atoms in total. The van der Waals surface area contributed by atoms with Crippen LogP contribution in [0.2, 0.25) is 0 Å². The van der Waals surface area contributed by atoms with Gasteiger partial charge in [0.2, 0.25) is 5.91 Å². The SMILES string of the molecule is COC(=O)Nc1cccc(NC(=O)C2CCCCN2)c1. The molecular formula is C14H19N3O3. The number of amides is 2. The highest BCUT2D eigenvalue weighted by Gasteiger charge is 2.20. The quantitative estimate of drug-likeness (QED) is 0.789. The van der Waals surface area contributed by atoms with Crippen LogP contribution < -0.4 is 16.0 Å². The van der Waals surface area contributed by atoms with Crippen molar-refractivity contribution in [3.63, 3.8) is 0 Å². The van der Waals surface area contributed by atoms with E-state index in [4.69, 9.17) is 0 Å². The molecular weight excluding hydrogens is 258 g/mol. The number of anilines is 2. The Morgan fingerprint density at radius 3 is 2.65 bits per heavy atom. The van der Waals surface area contributed by atoms with Gasteiger partial charge in [-0.1, -0.05) is 12.5 Å². The van der Waals surface area contributed by atoms with E-state index in [0.29, 0.717) is 11.4 Å². The third-order valence-corrected chi connectivity index (χ3v) is 3.19. The van der Waals surface area contributed by atoms with Crippen LogP contribution in [0.25, 0.3) is 0 Å². The molecule has 1 saturated heterocycles. The van der Waals surface area contributed by atoms with Crippen molar-refractivity contribution in [3.8, 4) is 0 Å². The summed E-state index contributed by atoms with van der Waals surface area (Å²) in [6, 6.07) is 6.82. The lowest BCUT2D eigenvalue weighted by Crippen LogP contribution is -2.43. The number of piperidine rings is 1. The van der Waals surface area contributed by atoms with E-state index in [-0.39, 0.29) is 11.9 Å². The molecule has 1 atom stereocenters. The summed E-state index contributed by atoms with van der Waals surface area (Å²) >= 11 is 0. The number of ether oxygens (including phenoxy) is 1. The number of rotatable bonds is 3. The maximum Gasteiger partial charge on any atom is 0.411 e. The van der Waals surface area contributed by atoms with E-state index in [2.05, 4.69) is 20.7 Å². The molecule has 108 valence electrons. The monoisotopic (exact) mass is 277 g/mol. The lowest BCUT2D eigenvalue weighted by atomic mass is 10.0. The maximum atomic E-state index is 12.1. The van der Waals surface area contributed by atoms with Crippen LogP contribution in [0.3, 0.4) is 0 Å². The van der Waals surface area contributed by atoms with Crippen LogP contribution >= 0.6 is 0 Å². The minimum absolute atomic E-state index is 0.0417. The van der Waals surface area contributed by atoms with Crippen molar-refractivity contribution in [2.24, 2.45) is 0 Å². The molecule has 2 rings (SSSR count). The van der Waals surface area contributed by atoms with Gasteiger partial charge in [-0.2, -0.15) is 0 Å². The van der Waals surface area contributed by atoms with Gasteiger partial charge in [0.1, 0.15) is 0 Å². The van der Waals surface area contributed by atoms with E-state index >= 15 is 0 Å². The first-order chi connectivity index (χ1) is 9.69. The molecule has 0 bridgehead atoms. The summed E-state index contributed by atoms with van der Waals surface area (Å²) in [6.45, 7) is 0.877. The lowest BCUT2D eigenvalue weighted by Gasteiger charge is -2.22. The summed E-state index contributed by atoms with van der Waals surface area (Å²) in [4.78, 5) is 23.2. The Bertz CT molecular complexity index is 484. The van der Waals surface area contributed by atoms with Crippen LogP contribution in [-0.4, -0.2) is 31.7 Å². The Labute approximate surface area is 117 Å². The summed E-state index contributed by atoms with van der Waals surface area (Å²) < 4.78 is 4.52. The van der Waals surface area contributed by atoms with Gasteiger partial charge < -0.3 is 15.4 Å². The number of methoxy groups -OCH3 is 1. The topological polar surface area (TPSA) is 79.5 Å². The highest BCUT2D eigenvalue weighted by Crippen LogP contribution is 2.16. The first-order valence-corrected chi connectivity index (χ1v) is 6.68. The molecule has 1 aromatic carbocycles. The van der Waals surface area contributed by atoms with Gasteiger partial charge in [-0.15, -0.1) is 0 Å². The number of hydrogen-bond donors (Lipinski definition) is 3. The average Bonchev–Trinajstić information content (AvgIpc) is 2.48. The van der Waals surface area contributed by atoms with E-state index < -0.39 is 6.09 Å². The normalized spacial score (nSPS) is 18.1. The molecule has 0 aromatic heterocycles. The second-order valence-corrected chi connectivity index (χ2v) is 4.69. The van der Waals surface area contributed by atoms with Crippen molar-refractivity contribution in [3.05, 3.63) is 24.3 Å². The first kappa shape index (κ1) is 14.3. The Hall–Kier alpha value is -2.08. The lowest BCUT2D eigenvalue weighted by molar-refractivity contribution is -0.118. The Kier molecular flexibility index (Phi) is 4.95. The van der Waals surface area contributed by atoms with Gasteiger partial charge in [0, 0.05) is 11.4 Å². The third kappa shape index (κ3) is 3.96. The van der Waals surface area contributed by atoms with Crippen LogP contribution in [0.4, 0.5) is 16.2 Å². The van der Waals surface area contributed by atoms with Crippen LogP contribution in [0.1, 0.15) is 19.3 Å². The van der Waals surface area contributed by atoms with E-state index in [0.717, 1.165) is 25.8 Å². The first-order valence-electron chi connectivity index (χ1n) is 6.68. The fraction of sp³-hybridized carbons (Fsp3) is 0.429. The molecule has 1 aromatic rings. The van der Waals surface area contributed by atoms with Gasteiger partial charge in [0.25, 0.3) is 0 Å².